The smallest absolute Gasteiger partial charge is 0.416 e. The Kier molecular flexibility index (Phi) is 4.06. The van der Waals surface area contributed by atoms with E-state index < -0.39 is 17.7 Å². The first kappa shape index (κ1) is 18.0. The van der Waals surface area contributed by atoms with Crippen LogP contribution in [0.25, 0.3) is 22.6 Å². The lowest BCUT2D eigenvalue weighted by Gasteiger charge is -2.08. The van der Waals surface area contributed by atoms with Crippen molar-refractivity contribution in [1.29, 1.82) is 0 Å². The van der Waals surface area contributed by atoms with Crippen LogP contribution in [0.5, 0.6) is 0 Å². The molecule has 1 N–H and O–H groups in total. The van der Waals surface area contributed by atoms with Crippen LogP contribution in [0.15, 0.2) is 47.3 Å². The Morgan fingerprint density at radius 2 is 1.96 bits per heavy atom. The normalized spacial score (nSPS) is 15.2. The fourth-order valence-corrected chi connectivity index (χ4v) is 3.29. The first-order chi connectivity index (χ1) is 13.2. The SMILES string of the molecule is O=C(O)c1ccc2c(=O)n3c(nc2c1)/C(=C/c1cccc(C(F)(F)F)c1)CC3. The number of aromatic carboxylic acids is 1. The molecule has 0 spiro atoms. The Balaban J connectivity index is 1.84. The van der Waals surface area contributed by atoms with E-state index in [1.165, 1.54) is 28.8 Å². The molecule has 1 aliphatic heterocycles. The summed E-state index contributed by atoms with van der Waals surface area (Å²) in [4.78, 5) is 28.3. The molecule has 5 nitrogen and oxygen atoms in total. The highest BCUT2D eigenvalue weighted by Gasteiger charge is 2.30. The van der Waals surface area contributed by atoms with Gasteiger partial charge in [0.25, 0.3) is 5.56 Å². The standard InChI is InChI=1S/C20H13F3N2O3/c21-20(22,23)14-3-1-2-11(9-14)8-12-6-7-25-17(12)24-16-10-13(19(27)28)4-5-15(16)18(25)26/h1-5,8-10H,6-7H2,(H,27,28)/b12-8+. The summed E-state index contributed by atoms with van der Waals surface area (Å²) in [6, 6.07) is 8.99. The third-order valence-corrected chi connectivity index (χ3v) is 4.65. The number of hydrogen-bond donors (Lipinski definition) is 1. The van der Waals surface area contributed by atoms with E-state index in [1.807, 2.05) is 0 Å². The Bertz CT molecular complexity index is 1210. The fourth-order valence-electron chi connectivity index (χ4n) is 3.29. The summed E-state index contributed by atoms with van der Waals surface area (Å²) >= 11 is 0. The van der Waals surface area contributed by atoms with Gasteiger partial charge in [-0.1, -0.05) is 12.1 Å². The van der Waals surface area contributed by atoms with Gasteiger partial charge in [0.15, 0.2) is 0 Å². The number of fused-ring (bicyclic) bond motifs is 2. The molecule has 0 radical (unpaired) electrons. The molecule has 0 aliphatic carbocycles. The topological polar surface area (TPSA) is 72.2 Å². The molecular weight excluding hydrogens is 373 g/mol. The largest absolute Gasteiger partial charge is 0.478 e. The lowest BCUT2D eigenvalue weighted by molar-refractivity contribution is -0.137. The van der Waals surface area contributed by atoms with Gasteiger partial charge in [-0.2, -0.15) is 13.2 Å². The summed E-state index contributed by atoms with van der Waals surface area (Å²) in [5.41, 5.74) is 0.170. The maximum absolute atomic E-state index is 12.9. The van der Waals surface area contributed by atoms with Crippen LogP contribution in [-0.2, 0) is 12.7 Å². The van der Waals surface area contributed by atoms with Gasteiger partial charge in [0, 0.05) is 6.54 Å². The van der Waals surface area contributed by atoms with Crippen LogP contribution in [0.4, 0.5) is 13.2 Å². The van der Waals surface area contributed by atoms with Crippen molar-refractivity contribution in [3.05, 3.63) is 75.3 Å². The maximum Gasteiger partial charge on any atom is 0.416 e. The highest BCUT2D eigenvalue weighted by atomic mass is 19.4. The molecule has 2 heterocycles. The number of rotatable bonds is 2. The molecule has 1 aliphatic rings. The molecule has 0 unspecified atom stereocenters. The van der Waals surface area contributed by atoms with Crippen LogP contribution in [0, 0.1) is 0 Å². The van der Waals surface area contributed by atoms with E-state index in [2.05, 4.69) is 4.98 Å². The number of carboxylic acids is 1. The van der Waals surface area contributed by atoms with Gasteiger partial charge < -0.3 is 5.11 Å². The highest BCUT2D eigenvalue weighted by molar-refractivity contribution is 5.93. The van der Waals surface area contributed by atoms with Gasteiger partial charge in [-0.15, -0.1) is 0 Å². The molecule has 3 aromatic rings. The molecular formula is C20H13F3N2O3. The molecule has 1 aromatic heterocycles. The second kappa shape index (κ2) is 6.33. The third kappa shape index (κ3) is 3.06. The van der Waals surface area contributed by atoms with Crippen LogP contribution in [0.2, 0.25) is 0 Å². The van der Waals surface area contributed by atoms with Crippen molar-refractivity contribution in [3.8, 4) is 0 Å². The van der Waals surface area contributed by atoms with E-state index in [1.54, 1.807) is 12.1 Å². The molecule has 4 rings (SSSR count). The van der Waals surface area contributed by atoms with Gasteiger partial charge in [-0.25, -0.2) is 9.78 Å². The first-order valence-corrected chi connectivity index (χ1v) is 8.40. The predicted octanol–water partition coefficient (Wildman–Crippen LogP) is 4.06. The summed E-state index contributed by atoms with van der Waals surface area (Å²) in [5, 5.41) is 9.43. The minimum Gasteiger partial charge on any atom is -0.478 e. The van der Waals surface area contributed by atoms with E-state index in [-0.39, 0.29) is 16.6 Å². The molecule has 0 fully saturated rings. The maximum atomic E-state index is 12.9. The van der Waals surface area contributed by atoms with Crippen molar-refractivity contribution in [3.63, 3.8) is 0 Å². The van der Waals surface area contributed by atoms with E-state index in [9.17, 15) is 22.8 Å². The predicted molar refractivity (Wildman–Crippen MR) is 96.9 cm³/mol. The molecule has 142 valence electrons. The van der Waals surface area contributed by atoms with Gasteiger partial charge in [-0.05, 0) is 54.0 Å². The number of carbonyl (C=O) groups is 1. The molecule has 2 aromatic carbocycles. The second-order valence-electron chi connectivity index (χ2n) is 6.47. The minimum absolute atomic E-state index is 0.00533. The number of halogens is 3. The summed E-state index contributed by atoms with van der Waals surface area (Å²) in [6.45, 7) is 0.364. The van der Waals surface area contributed by atoms with Crippen molar-refractivity contribution < 1.29 is 23.1 Å². The highest BCUT2D eigenvalue weighted by Crippen LogP contribution is 2.32. The zero-order valence-corrected chi connectivity index (χ0v) is 14.3. The minimum atomic E-state index is -4.44. The number of carboxylic acid groups (broad SMARTS) is 1. The molecule has 0 amide bonds. The molecule has 0 bridgehead atoms. The van der Waals surface area contributed by atoms with Crippen molar-refractivity contribution in [2.45, 2.75) is 19.1 Å². The average Bonchev–Trinajstić information content (AvgIpc) is 3.04. The number of allylic oxidation sites excluding steroid dienone is 1. The monoisotopic (exact) mass is 386 g/mol. The van der Waals surface area contributed by atoms with E-state index >= 15 is 0 Å². The second-order valence-corrected chi connectivity index (χ2v) is 6.47. The molecule has 0 saturated carbocycles. The van der Waals surface area contributed by atoms with Crippen LogP contribution in [-0.4, -0.2) is 20.6 Å². The van der Waals surface area contributed by atoms with Gasteiger partial charge in [0.05, 0.1) is 22.0 Å². The van der Waals surface area contributed by atoms with E-state index in [0.717, 1.165) is 12.1 Å². The quantitative estimate of drug-likeness (QED) is 0.721. The van der Waals surface area contributed by atoms with Crippen molar-refractivity contribution in [2.24, 2.45) is 0 Å². The summed E-state index contributed by atoms with van der Waals surface area (Å²) in [6.07, 6.45) is -2.42. The number of benzene rings is 2. The van der Waals surface area contributed by atoms with Gasteiger partial charge in [0.1, 0.15) is 5.82 Å². The fraction of sp³-hybridized carbons (Fsp3) is 0.150. The number of hydrogen-bond acceptors (Lipinski definition) is 3. The van der Waals surface area contributed by atoms with Crippen LogP contribution < -0.4 is 5.56 Å². The van der Waals surface area contributed by atoms with Crippen LogP contribution in [0.1, 0.15) is 33.7 Å². The zero-order chi connectivity index (χ0) is 20.1. The van der Waals surface area contributed by atoms with Gasteiger partial charge in [-0.3, -0.25) is 9.36 Å². The van der Waals surface area contributed by atoms with E-state index in [4.69, 9.17) is 5.11 Å². The zero-order valence-electron chi connectivity index (χ0n) is 14.3. The lowest BCUT2D eigenvalue weighted by atomic mass is 10.1. The summed E-state index contributed by atoms with van der Waals surface area (Å²) in [7, 11) is 0. The van der Waals surface area contributed by atoms with Crippen LogP contribution in [0.3, 0.4) is 0 Å². The molecule has 0 atom stereocenters. The van der Waals surface area contributed by atoms with Gasteiger partial charge in [0.2, 0.25) is 0 Å². The number of alkyl halides is 3. The summed E-state index contributed by atoms with van der Waals surface area (Å²) in [5.74, 6) is -0.790. The Hall–Kier alpha value is -3.42. The number of nitrogens with zero attached hydrogens (tertiary/aromatic N) is 2. The van der Waals surface area contributed by atoms with Crippen LogP contribution >= 0.6 is 0 Å². The molecule has 28 heavy (non-hydrogen) atoms. The Labute approximate surface area is 156 Å². The Morgan fingerprint density at radius 1 is 1.18 bits per heavy atom. The van der Waals surface area contributed by atoms with E-state index in [0.29, 0.717) is 35.3 Å². The first-order valence-electron chi connectivity index (χ1n) is 8.40. The average molecular weight is 386 g/mol. The third-order valence-electron chi connectivity index (χ3n) is 4.65. The van der Waals surface area contributed by atoms with Crippen molar-refractivity contribution >= 4 is 28.5 Å². The van der Waals surface area contributed by atoms with Crippen molar-refractivity contribution in [1.82, 2.24) is 9.55 Å². The Morgan fingerprint density at radius 3 is 2.68 bits per heavy atom. The lowest BCUT2D eigenvalue weighted by Crippen LogP contribution is -2.21. The number of aromatic nitrogens is 2. The van der Waals surface area contributed by atoms with Gasteiger partial charge >= 0.3 is 12.1 Å². The summed E-state index contributed by atoms with van der Waals surface area (Å²) < 4.78 is 40.2. The molecule has 8 heteroatoms. The molecule has 0 saturated heterocycles. The van der Waals surface area contributed by atoms with Crippen molar-refractivity contribution in [2.75, 3.05) is 0 Å².